The molecule has 0 aliphatic carbocycles. The zero-order chi connectivity index (χ0) is 12.2. The van der Waals surface area contributed by atoms with Gasteiger partial charge in [-0.1, -0.05) is 13.8 Å². The van der Waals surface area contributed by atoms with Crippen LogP contribution < -0.4 is 0 Å². The molecule has 0 aromatic carbocycles. The number of carboxylic acids is 1. The molecule has 0 spiro atoms. The van der Waals surface area contributed by atoms with E-state index in [2.05, 4.69) is 0 Å². The summed E-state index contributed by atoms with van der Waals surface area (Å²) in [6, 6.07) is 0. The van der Waals surface area contributed by atoms with Crippen LogP contribution in [0.15, 0.2) is 0 Å². The number of carboxylic acid groups (broad SMARTS) is 1. The van der Waals surface area contributed by atoms with Crippen molar-refractivity contribution >= 4 is 5.97 Å². The summed E-state index contributed by atoms with van der Waals surface area (Å²) in [5.41, 5.74) is -1.64. The monoisotopic (exact) mass is 230 g/mol. The molecular weight excluding hydrogens is 208 g/mol. The Bertz CT molecular complexity index is 239. The average Bonchev–Trinajstić information content (AvgIpc) is 2.30. The fourth-order valence-electron chi connectivity index (χ4n) is 2.36. The summed E-state index contributed by atoms with van der Waals surface area (Å²) in [5, 5.41) is 19.7. The number of aliphatic carboxylic acids is 1. The second-order valence-corrected chi connectivity index (χ2v) is 4.81. The Morgan fingerprint density at radius 1 is 1.31 bits per heavy atom. The lowest BCUT2D eigenvalue weighted by atomic mass is 9.70. The van der Waals surface area contributed by atoms with Gasteiger partial charge in [-0.3, -0.25) is 4.79 Å². The van der Waals surface area contributed by atoms with Crippen molar-refractivity contribution in [2.75, 3.05) is 13.2 Å². The van der Waals surface area contributed by atoms with Crippen molar-refractivity contribution in [3.63, 3.8) is 0 Å². The molecule has 1 aliphatic rings. The van der Waals surface area contributed by atoms with Gasteiger partial charge in [-0.2, -0.15) is 0 Å². The van der Waals surface area contributed by atoms with Gasteiger partial charge in [0.1, 0.15) is 0 Å². The lowest BCUT2D eigenvalue weighted by molar-refractivity contribution is -0.161. The summed E-state index contributed by atoms with van der Waals surface area (Å²) in [6.07, 6.45) is 2.54. The molecule has 4 heteroatoms. The highest BCUT2D eigenvalue weighted by molar-refractivity contribution is 5.74. The first-order valence-corrected chi connectivity index (χ1v) is 6.01. The Labute approximate surface area is 96.6 Å². The van der Waals surface area contributed by atoms with E-state index in [4.69, 9.17) is 4.74 Å². The summed E-state index contributed by atoms with van der Waals surface area (Å²) < 4.78 is 5.21. The molecule has 1 fully saturated rings. The van der Waals surface area contributed by atoms with Crippen molar-refractivity contribution in [2.24, 2.45) is 5.41 Å². The van der Waals surface area contributed by atoms with Crippen LogP contribution in [0.3, 0.4) is 0 Å². The third-order valence-corrected chi connectivity index (χ3v) is 3.89. The standard InChI is InChI=1S/C12H22O4/c1-3-12(15,4-2)9-11(10(13)14)5-7-16-8-6-11/h15H,3-9H2,1-2H3,(H,13,14). The van der Waals surface area contributed by atoms with Crippen molar-refractivity contribution < 1.29 is 19.7 Å². The molecule has 16 heavy (non-hydrogen) atoms. The van der Waals surface area contributed by atoms with Crippen LogP contribution in [0, 0.1) is 5.41 Å². The van der Waals surface area contributed by atoms with Crippen molar-refractivity contribution in [3.05, 3.63) is 0 Å². The van der Waals surface area contributed by atoms with Gasteiger partial charge in [-0.05, 0) is 32.1 Å². The zero-order valence-electron chi connectivity index (χ0n) is 10.2. The third kappa shape index (κ3) is 2.74. The highest BCUT2D eigenvalue weighted by Gasteiger charge is 2.45. The van der Waals surface area contributed by atoms with E-state index < -0.39 is 17.0 Å². The highest BCUT2D eigenvalue weighted by Crippen LogP contribution is 2.40. The molecule has 1 rings (SSSR count). The molecule has 0 aromatic heterocycles. The number of aliphatic hydroxyl groups is 1. The molecular formula is C12H22O4. The van der Waals surface area contributed by atoms with Gasteiger partial charge in [0.2, 0.25) is 0 Å². The lowest BCUT2D eigenvalue weighted by Gasteiger charge is -2.39. The quantitative estimate of drug-likeness (QED) is 0.756. The van der Waals surface area contributed by atoms with Gasteiger partial charge in [0.05, 0.1) is 11.0 Å². The van der Waals surface area contributed by atoms with Crippen molar-refractivity contribution in [1.82, 2.24) is 0 Å². The van der Waals surface area contributed by atoms with Crippen LogP contribution in [0.4, 0.5) is 0 Å². The Balaban J connectivity index is 2.82. The molecule has 0 saturated carbocycles. The molecule has 0 unspecified atom stereocenters. The minimum atomic E-state index is -0.851. The molecule has 0 bridgehead atoms. The van der Waals surface area contributed by atoms with Crippen LogP contribution in [0.5, 0.6) is 0 Å². The maximum absolute atomic E-state index is 11.4. The third-order valence-electron chi connectivity index (χ3n) is 3.89. The SMILES string of the molecule is CCC(O)(CC)CC1(C(=O)O)CCOCC1. The average molecular weight is 230 g/mol. The molecule has 0 amide bonds. The number of hydrogen-bond acceptors (Lipinski definition) is 3. The zero-order valence-corrected chi connectivity index (χ0v) is 10.2. The molecule has 0 radical (unpaired) electrons. The van der Waals surface area contributed by atoms with E-state index in [1.54, 1.807) is 0 Å². The van der Waals surface area contributed by atoms with E-state index in [-0.39, 0.29) is 0 Å². The van der Waals surface area contributed by atoms with Crippen molar-refractivity contribution in [2.45, 2.75) is 51.6 Å². The van der Waals surface area contributed by atoms with E-state index in [9.17, 15) is 15.0 Å². The van der Waals surface area contributed by atoms with Gasteiger partial charge in [0, 0.05) is 13.2 Å². The molecule has 1 saturated heterocycles. The van der Waals surface area contributed by atoms with Gasteiger partial charge in [-0.15, -0.1) is 0 Å². The predicted octanol–water partition coefficient (Wildman–Crippen LogP) is 1.81. The Morgan fingerprint density at radius 3 is 2.19 bits per heavy atom. The Kier molecular flexibility index (Phi) is 4.33. The second kappa shape index (κ2) is 5.15. The summed E-state index contributed by atoms with van der Waals surface area (Å²) >= 11 is 0. The van der Waals surface area contributed by atoms with Gasteiger partial charge >= 0.3 is 5.97 Å². The van der Waals surface area contributed by atoms with E-state index in [0.717, 1.165) is 0 Å². The second-order valence-electron chi connectivity index (χ2n) is 4.81. The Morgan fingerprint density at radius 2 is 1.81 bits per heavy atom. The minimum Gasteiger partial charge on any atom is -0.481 e. The topological polar surface area (TPSA) is 66.8 Å². The fraction of sp³-hybridized carbons (Fsp3) is 0.917. The summed E-state index contributed by atoms with van der Waals surface area (Å²) in [5.74, 6) is -0.795. The molecule has 2 N–H and O–H groups in total. The number of ether oxygens (including phenoxy) is 1. The van der Waals surface area contributed by atoms with E-state index in [1.807, 2.05) is 13.8 Å². The maximum Gasteiger partial charge on any atom is 0.309 e. The van der Waals surface area contributed by atoms with E-state index in [0.29, 0.717) is 45.3 Å². The lowest BCUT2D eigenvalue weighted by Crippen LogP contribution is -2.44. The largest absolute Gasteiger partial charge is 0.481 e. The van der Waals surface area contributed by atoms with Gasteiger partial charge < -0.3 is 14.9 Å². The fourth-order valence-corrected chi connectivity index (χ4v) is 2.36. The van der Waals surface area contributed by atoms with E-state index >= 15 is 0 Å². The molecule has 4 nitrogen and oxygen atoms in total. The first-order valence-electron chi connectivity index (χ1n) is 6.01. The predicted molar refractivity (Wildman–Crippen MR) is 60.3 cm³/mol. The number of carbonyl (C=O) groups is 1. The van der Waals surface area contributed by atoms with Gasteiger partial charge in [0.15, 0.2) is 0 Å². The molecule has 1 aliphatic heterocycles. The van der Waals surface area contributed by atoms with Crippen LogP contribution in [-0.4, -0.2) is 35.0 Å². The molecule has 94 valence electrons. The summed E-state index contributed by atoms with van der Waals surface area (Å²) in [4.78, 5) is 11.4. The first kappa shape index (κ1) is 13.5. The van der Waals surface area contributed by atoms with Crippen LogP contribution in [0.1, 0.15) is 46.0 Å². The number of rotatable bonds is 5. The van der Waals surface area contributed by atoms with Crippen molar-refractivity contribution in [3.8, 4) is 0 Å². The normalized spacial score (nSPS) is 20.7. The molecule has 0 atom stereocenters. The van der Waals surface area contributed by atoms with Crippen LogP contribution in [0.2, 0.25) is 0 Å². The highest BCUT2D eigenvalue weighted by atomic mass is 16.5. The first-order chi connectivity index (χ1) is 7.48. The summed E-state index contributed by atoms with van der Waals surface area (Å²) in [6.45, 7) is 4.77. The number of hydrogen-bond donors (Lipinski definition) is 2. The van der Waals surface area contributed by atoms with Crippen LogP contribution >= 0.6 is 0 Å². The minimum absolute atomic E-state index is 0.339. The summed E-state index contributed by atoms with van der Waals surface area (Å²) in [7, 11) is 0. The van der Waals surface area contributed by atoms with Crippen LogP contribution in [-0.2, 0) is 9.53 Å². The van der Waals surface area contributed by atoms with Gasteiger partial charge in [-0.25, -0.2) is 0 Å². The van der Waals surface area contributed by atoms with Crippen LogP contribution in [0.25, 0.3) is 0 Å². The van der Waals surface area contributed by atoms with Gasteiger partial charge in [0.25, 0.3) is 0 Å². The molecule has 1 heterocycles. The molecule has 0 aromatic rings. The smallest absolute Gasteiger partial charge is 0.309 e. The van der Waals surface area contributed by atoms with Crippen molar-refractivity contribution in [1.29, 1.82) is 0 Å². The van der Waals surface area contributed by atoms with E-state index in [1.165, 1.54) is 0 Å². The Hall–Kier alpha value is -0.610. The maximum atomic E-state index is 11.4.